The summed E-state index contributed by atoms with van der Waals surface area (Å²) in [6, 6.07) is 9.18. The van der Waals surface area contributed by atoms with E-state index in [1.807, 2.05) is 0 Å². The molecule has 0 aromatic heterocycles. The first-order valence-electron chi connectivity index (χ1n) is 8.92. The van der Waals surface area contributed by atoms with Crippen molar-refractivity contribution in [2.75, 3.05) is 11.9 Å². The van der Waals surface area contributed by atoms with Crippen LogP contribution in [0.2, 0.25) is 0 Å². The molecular formula is C21H21F3N2O2. The van der Waals surface area contributed by atoms with Gasteiger partial charge in [0, 0.05) is 12.5 Å². The highest BCUT2D eigenvalue weighted by molar-refractivity contribution is 6.08. The summed E-state index contributed by atoms with van der Waals surface area (Å²) in [5.41, 5.74) is -0.552. The second-order valence-corrected chi connectivity index (χ2v) is 7.47. The Hall–Kier alpha value is -2.83. The Balaban J connectivity index is 1.84. The molecule has 3 rings (SSSR count). The van der Waals surface area contributed by atoms with Gasteiger partial charge in [0.2, 0.25) is 11.8 Å². The fraction of sp³-hybridized carbons (Fsp3) is 0.333. The zero-order valence-corrected chi connectivity index (χ0v) is 15.8. The summed E-state index contributed by atoms with van der Waals surface area (Å²) in [4.78, 5) is 24.9. The predicted molar refractivity (Wildman–Crippen MR) is 99.5 cm³/mol. The van der Waals surface area contributed by atoms with Crippen LogP contribution >= 0.6 is 0 Å². The van der Waals surface area contributed by atoms with Crippen molar-refractivity contribution in [3.05, 3.63) is 64.7 Å². The third-order valence-electron chi connectivity index (χ3n) is 5.02. The van der Waals surface area contributed by atoms with Crippen molar-refractivity contribution < 1.29 is 22.8 Å². The number of benzene rings is 2. The zero-order valence-electron chi connectivity index (χ0n) is 15.8. The zero-order chi connectivity index (χ0) is 20.6. The van der Waals surface area contributed by atoms with E-state index in [2.05, 4.69) is 10.6 Å². The van der Waals surface area contributed by atoms with Gasteiger partial charge in [-0.05, 0) is 43.5 Å². The van der Waals surface area contributed by atoms with E-state index >= 15 is 0 Å². The van der Waals surface area contributed by atoms with Crippen molar-refractivity contribution in [2.45, 2.75) is 32.4 Å². The molecule has 2 aromatic carbocycles. The molecule has 0 aliphatic carbocycles. The molecule has 28 heavy (non-hydrogen) atoms. The molecular weight excluding hydrogens is 369 g/mol. The molecule has 2 atom stereocenters. The highest BCUT2D eigenvalue weighted by Gasteiger charge is 2.41. The molecule has 1 fully saturated rings. The van der Waals surface area contributed by atoms with Crippen LogP contribution in [0.15, 0.2) is 36.4 Å². The maximum Gasteiger partial charge on any atom is 0.237 e. The quantitative estimate of drug-likeness (QED) is 0.777. The molecule has 2 amide bonds. The third-order valence-corrected chi connectivity index (χ3v) is 5.02. The lowest BCUT2D eigenvalue weighted by Crippen LogP contribution is -2.32. The molecule has 0 spiro atoms. The normalized spacial score (nSPS) is 19.4. The first-order valence-corrected chi connectivity index (χ1v) is 8.92. The number of halogens is 3. The van der Waals surface area contributed by atoms with Crippen LogP contribution in [0.1, 0.15) is 36.5 Å². The lowest BCUT2D eigenvalue weighted by molar-refractivity contribution is -0.130. The second-order valence-electron chi connectivity index (χ2n) is 7.47. The van der Waals surface area contributed by atoms with Gasteiger partial charge in [0.15, 0.2) is 11.6 Å². The van der Waals surface area contributed by atoms with Crippen molar-refractivity contribution in [2.24, 2.45) is 5.92 Å². The number of nitrogens with one attached hydrogen (secondary N) is 2. The van der Waals surface area contributed by atoms with Gasteiger partial charge < -0.3 is 10.6 Å². The van der Waals surface area contributed by atoms with E-state index in [4.69, 9.17) is 0 Å². The van der Waals surface area contributed by atoms with E-state index in [-0.39, 0.29) is 17.8 Å². The predicted octanol–water partition coefficient (Wildman–Crippen LogP) is 3.95. The molecule has 2 aromatic rings. The van der Waals surface area contributed by atoms with Crippen LogP contribution in [0.4, 0.5) is 18.9 Å². The Morgan fingerprint density at radius 2 is 1.75 bits per heavy atom. The van der Waals surface area contributed by atoms with E-state index in [0.29, 0.717) is 11.1 Å². The summed E-state index contributed by atoms with van der Waals surface area (Å²) >= 11 is 0. The topological polar surface area (TPSA) is 58.2 Å². The number of hydrogen-bond donors (Lipinski definition) is 2. The minimum absolute atomic E-state index is 0.114. The van der Waals surface area contributed by atoms with Crippen LogP contribution in [0, 0.1) is 24.5 Å². The average molecular weight is 390 g/mol. The Kier molecular flexibility index (Phi) is 5.19. The first kappa shape index (κ1) is 19.9. The van der Waals surface area contributed by atoms with E-state index < -0.39 is 41.0 Å². The van der Waals surface area contributed by atoms with Gasteiger partial charge in [-0.25, -0.2) is 13.2 Å². The minimum atomic E-state index is -1.51. The van der Waals surface area contributed by atoms with Gasteiger partial charge in [0.05, 0.1) is 5.69 Å². The van der Waals surface area contributed by atoms with E-state index in [9.17, 15) is 22.8 Å². The Morgan fingerprint density at radius 3 is 2.36 bits per heavy atom. The number of alkyl halides is 1. The smallest absolute Gasteiger partial charge is 0.237 e. The maximum absolute atomic E-state index is 14.1. The summed E-state index contributed by atoms with van der Waals surface area (Å²) in [5, 5.41) is 4.93. The minimum Gasteiger partial charge on any atom is -0.355 e. The monoisotopic (exact) mass is 390 g/mol. The lowest BCUT2D eigenvalue weighted by atomic mass is 9.86. The summed E-state index contributed by atoms with van der Waals surface area (Å²) < 4.78 is 41.8. The number of anilines is 1. The summed E-state index contributed by atoms with van der Waals surface area (Å²) in [6.07, 6.45) is 0. The molecule has 1 saturated heterocycles. The Bertz CT molecular complexity index is 920. The summed E-state index contributed by atoms with van der Waals surface area (Å²) in [6.45, 7) is 4.51. The number of amides is 2. The maximum atomic E-state index is 14.1. The van der Waals surface area contributed by atoms with Gasteiger partial charge in [-0.3, -0.25) is 9.59 Å². The molecule has 1 aliphatic heterocycles. The number of hydrogen-bond acceptors (Lipinski definition) is 2. The van der Waals surface area contributed by atoms with Crippen LogP contribution in [0.3, 0.4) is 0 Å². The van der Waals surface area contributed by atoms with E-state index in [0.717, 1.165) is 0 Å². The van der Waals surface area contributed by atoms with Crippen LogP contribution in [-0.2, 0) is 15.3 Å². The highest BCUT2D eigenvalue weighted by Crippen LogP contribution is 2.33. The fourth-order valence-electron chi connectivity index (χ4n) is 3.31. The molecule has 0 saturated carbocycles. The molecule has 1 aliphatic rings. The first-order chi connectivity index (χ1) is 13.1. The number of rotatable bonds is 4. The summed E-state index contributed by atoms with van der Waals surface area (Å²) in [7, 11) is 0. The number of carbonyl (C=O) groups is 2. The van der Waals surface area contributed by atoms with Gasteiger partial charge in [0.25, 0.3) is 0 Å². The number of carbonyl (C=O) groups excluding carboxylic acids is 2. The largest absolute Gasteiger partial charge is 0.355 e. The van der Waals surface area contributed by atoms with Crippen molar-refractivity contribution in [1.82, 2.24) is 5.32 Å². The van der Waals surface area contributed by atoms with Crippen LogP contribution in [0.25, 0.3) is 0 Å². The molecule has 1 heterocycles. The van der Waals surface area contributed by atoms with Crippen molar-refractivity contribution in [1.29, 1.82) is 0 Å². The molecule has 0 radical (unpaired) electrons. The van der Waals surface area contributed by atoms with Gasteiger partial charge >= 0.3 is 0 Å². The van der Waals surface area contributed by atoms with Crippen LogP contribution in [-0.4, -0.2) is 18.4 Å². The van der Waals surface area contributed by atoms with Gasteiger partial charge in [0.1, 0.15) is 11.6 Å². The van der Waals surface area contributed by atoms with E-state index in [1.165, 1.54) is 32.9 Å². The third kappa shape index (κ3) is 3.74. The Labute approximate surface area is 161 Å². The molecule has 7 heteroatoms. The Morgan fingerprint density at radius 1 is 1.11 bits per heavy atom. The average Bonchev–Trinajstić information content (AvgIpc) is 3.03. The molecule has 4 nitrogen and oxygen atoms in total. The molecule has 2 unspecified atom stereocenters. The van der Waals surface area contributed by atoms with Gasteiger partial charge in [-0.1, -0.05) is 30.3 Å². The van der Waals surface area contributed by atoms with Crippen molar-refractivity contribution >= 4 is 17.5 Å². The van der Waals surface area contributed by atoms with Gasteiger partial charge in [-0.2, -0.15) is 0 Å². The molecule has 148 valence electrons. The molecule has 2 N–H and O–H groups in total. The van der Waals surface area contributed by atoms with Crippen molar-refractivity contribution in [3.63, 3.8) is 0 Å². The lowest BCUT2D eigenvalue weighted by Gasteiger charge is -2.19. The van der Waals surface area contributed by atoms with Crippen LogP contribution < -0.4 is 10.6 Å². The summed E-state index contributed by atoms with van der Waals surface area (Å²) in [5.74, 6) is -5.04. The van der Waals surface area contributed by atoms with E-state index in [1.54, 1.807) is 24.3 Å². The second kappa shape index (κ2) is 7.30. The van der Waals surface area contributed by atoms with Crippen molar-refractivity contribution in [3.8, 4) is 0 Å². The molecule has 0 bridgehead atoms. The van der Waals surface area contributed by atoms with Gasteiger partial charge in [-0.15, -0.1) is 0 Å². The fourth-order valence-corrected chi connectivity index (χ4v) is 3.31. The highest BCUT2D eigenvalue weighted by atomic mass is 19.2. The SMILES string of the molecule is Cc1ccc(NC(=O)C2C(=O)NCC2c2ccc(C(C)(C)F)cc2)c(F)c1F. The standard InChI is InChI=1S/C21H21F3N2O2/c1-11-4-9-15(18(23)17(11)22)26-20(28)16-14(10-25-19(16)27)12-5-7-13(8-6-12)21(2,3)24/h4-9,14,16H,10H2,1-3H3,(H,25,27)(H,26,28). The number of aryl methyl sites for hydroxylation is 1. The van der Waals surface area contributed by atoms with Crippen LogP contribution in [0.5, 0.6) is 0 Å².